The zero-order valence-electron chi connectivity index (χ0n) is 14.8. The predicted molar refractivity (Wildman–Crippen MR) is 93.9 cm³/mol. The summed E-state index contributed by atoms with van der Waals surface area (Å²) in [5, 5.41) is 14.5. The quantitative estimate of drug-likeness (QED) is 0.753. The number of carbonyl (C=O) groups excluding carboxylic acids is 3. The second-order valence-corrected chi connectivity index (χ2v) is 6.42. The molecule has 7 heteroatoms. The minimum Gasteiger partial charge on any atom is -0.451 e. The second kappa shape index (κ2) is 8.99. The molecule has 2 rings (SSSR count). The van der Waals surface area contributed by atoms with Crippen molar-refractivity contribution in [3.63, 3.8) is 0 Å². The Morgan fingerprint density at radius 1 is 1.19 bits per heavy atom. The van der Waals surface area contributed by atoms with Crippen molar-refractivity contribution >= 4 is 17.8 Å². The van der Waals surface area contributed by atoms with Crippen molar-refractivity contribution in [2.24, 2.45) is 0 Å². The first-order valence-electron chi connectivity index (χ1n) is 8.72. The van der Waals surface area contributed by atoms with Crippen molar-refractivity contribution in [1.29, 1.82) is 5.26 Å². The van der Waals surface area contributed by atoms with E-state index in [0.717, 1.165) is 19.3 Å². The molecule has 0 aliphatic heterocycles. The number of nitrogens with one attached hydrogen (secondary N) is 2. The number of benzene rings is 1. The van der Waals surface area contributed by atoms with Crippen LogP contribution in [-0.2, 0) is 14.3 Å². The lowest BCUT2D eigenvalue weighted by Crippen LogP contribution is -2.52. The Hall–Kier alpha value is -2.88. The zero-order valence-corrected chi connectivity index (χ0v) is 14.8. The molecule has 138 valence electrons. The van der Waals surface area contributed by atoms with E-state index >= 15 is 0 Å². The standard InChI is InChI=1S/C19H23N3O4/c1-14(17(24)22-19(13-20)10-6-3-7-11-19)26-16(23)12-21-18(25)15-8-4-2-5-9-15/h2,4-5,8-9,14H,3,6-7,10-12H2,1H3,(H,21,25)(H,22,24)/t14-/m0/s1. The average molecular weight is 357 g/mol. The van der Waals surface area contributed by atoms with Crippen LogP contribution in [-0.4, -0.2) is 36.0 Å². The number of carbonyl (C=O) groups is 3. The molecule has 0 heterocycles. The first kappa shape index (κ1) is 19.4. The van der Waals surface area contributed by atoms with Crippen LogP contribution in [0.4, 0.5) is 0 Å². The van der Waals surface area contributed by atoms with E-state index in [9.17, 15) is 19.6 Å². The number of esters is 1. The van der Waals surface area contributed by atoms with Crippen LogP contribution in [0.2, 0.25) is 0 Å². The van der Waals surface area contributed by atoms with Gasteiger partial charge in [-0.1, -0.05) is 37.5 Å². The van der Waals surface area contributed by atoms with Crippen LogP contribution < -0.4 is 10.6 Å². The van der Waals surface area contributed by atoms with Crippen molar-refractivity contribution in [3.05, 3.63) is 35.9 Å². The van der Waals surface area contributed by atoms with Gasteiger partial charge in [0.2, 0.25) is 0 Å². The van der Waals surface area contributed by atoms with Crippen LogP contribution in [0, 0.1) is 11.3 Å². The van der Waals surface area contributed by atoms with E-state index in [4.69, 9.17) is 4.74 Å². The molecule has 26 heavy (non-hydrogen) atoms. The molecular weight excluding hydrogens is 334 g/mol. The van der Waals surface area contributed by atoms with E-state index in [1.165, 1.54) is 6.92 Å². The molecule has 1 saturated carbocycles. The number of hydrogen-bond donors (Lipinski definition) is 2. The fourth-order valence-electron chi connectivity index (χ4n) is 2.89. The number of nitrogens with zero attached hydrogens (tertiary/aromatic N) is 1. The topological polar surface area (TPSA) is 108 Å². The van der Waals surface area contributed by atoms with E-state index in [1.54, 1.807) is 30.3 Å². The van der Waals surface area contributed by atoms with Crippen LogP contribution in [0.5, 0.6) is 0 Å². The van der Waals surface area contributed by atoms with Gasteiger partial charge >= 0.3 is 5.97 Å². The highest BCUT2D eigenvalue weighted by Gasteiger charge is 2.35. The highest BCUT2D eigenvalue weighted by Crippen LogP contribution is 2.27. The first-order valence-corrected chi connectivity index (χ1v) is 8.72. The minimum atomic E-state index is -1.04. The molecule has 1 fully saturated rings. The van der Waals surface area contributed by atoms with Crippen molar-refractivity contribution in [1.82, 2.24) is 10.6 Å². The van der Waals surface area contributed by atoms with Gasteiger partial charge in [-0.15, -0.1) is 0 Å². The summed E-state index contributed by atoms with van der Waals surface area (Å²) in [7, 11) is 0. The molecule has 7 nitrogen and oxygen atoms in total. The molecule has 2 amide bonds. The van der Waals surface area contributed by atoms with E-state index in [2.05, 4.69) is 16.7 Å². The Labute approximate surface area is 152 Å². The summed E-state index contributed by atoms with van der Waals surface area (Å²) < 4.78 is 5.05. The first-order chi connectivity index (χ1) is 12.5. The molecule has 1 aromatic rings. The fourth-order valence-corrected chi connectivity index (χ4v) is 2.89. The maximum Gasteiger partial charge on any atom is 0.326 e. The van der Waals surface area contributed by atoms with Crippen LogP contribution in [0.3, 0.4) is 0 Å². The molecule has 1 aliphatic rings. The normalized spacial score (nSPS) is 16.6. The third-order valence-electron chi connectivity index (χ3n) is 4.39. The molecule has 1 aromatic carbocycles. The maximum atomic E-state index is 12.2. The van der Waals surface area contributed by atoms with Gasteiger partial charge in [-0.25, -0.2) is 0 Å². The van der Waals surface area contributed by atoms with Gasteiger partial charge in [-0.2, -0.15) is 5.26 Å². The third kappa shape index (κ3) is 5.31. The summed E-state index contributed by atoms with van der Waals surface area (Å²) in [6.07, 6.45) is 2.97. The average Bonchev–Trinajstić information content (AvgIpc) is 2.67. The smallest absolute Gasteiger partial charge is 0.326 e. The summed E-state index contributed by atoms with van der Waals surface area (Å²) >= 11 is 0. The lowest BCUT2D eigenvalue weighted by atomic mass is 9.83. The van der Waals surface area contributed by atoms with Crippen LogP contribution in [0.15, 0.2) is 30.3 Å². The predicted octanol–water partition coefficient (Wildman–Crippen LogP) is 1.69. The highest BCUT2D eigenvalue weighted by molar-refractivity contribution is 5.96. The third-order valence-corrected chi connectivity index (χ3v) is 4.39. The molecule has 1 aliphatic carbocycles. The lowest BCUT2D eigenvalue weighted by Gasteiger charge is -2.32. The van der Waals surface area contributed by atoms with Gasteiger partial charge in [0.05, 0.1) is 6.07 Å². The van der Waals surface area contributed by atoms with E-state index in [0.29, 0.717) is 18.4 Å². The van der Waals surface area contributed by atoms with Gasteiger partial charge in [0.15, 0.2) is 6.10 Å². The fraction of sp³-hybridized carbons (Fsp3) is 0.474. The molecule has 2 N–H and O–H groups in total. The molecular formula is C19H23N3O4. The van der Waals surface area contributed by atoms with E-state index in [-0.39, 0.29) is 6.54 Å². The van der Waals surface area contributed by atoms with Crippen molar-refractivity contribution < 1.29 is 19.1 Å². The molecule has 0 saturated heterocycles. The van der Waals surface area contributed by atoms with Crippen LogP contribution >= 0.6 is 0 Å². The van der Waals surface area contributed by atoms with Gasteiger partial charge in [0, 0.05) is 5.56 Å². The molecule has 1 atom stereocenters. The molecule has 0 bridgehead atoms. The lowest BCUT2D eigenvalue weighted by molar-refractivity contribution is -0.154. The van der Waals surface area contributed by atoms with Gasteiger partial charge in [-0.05, 0) is 31.9 Å². The summed E-state index contributed by atoms with van der Waals surface area (Å²) in [6, 6.07) is 10.7. The maximum absolute atomic E-state index is 12.2. The number of nitriles is 1. The van der Waals surface area contributed by atoms with Crippen molar-refractivity contribution in [2.45, 2.75) is 50.7 Å². The van der Waals surface area contributed by atoms with Crippen molar-refractivity contribution in [2.75, 3.05) is 6.54 Å². The Morgan fingerprint density at radius 3 is 2.46 bits per heavy atom. The largest absolute Gasteiger partial charge is 0.451 e. The van der Waals surface area contributed by atoms with Crippen LogP contribution in [0.25, 0.3) is 0 Å². The van der Waals surface area contributed by atoms with Gasteiger partial charge in [0.1, 0.15) is 12.1 Å². The number of hydrogen-bond acceptors (Lipinski definition) is 5. The Morgan fingerprint density at radius 2 is 1.85 bits per heavy atom. The second-order valence-electron chi connectivity index (χ2n) is 6.42. The monoisotopic (exact) mass is 357 g/mol. The Balaban J connectivity index is 1.80. The number of ether oxygens (including phenoxy) is 1. The Kier molecular flexibility index (Phi) is 6.73. The van der Waals surface area contributed by atoms with E-state index < -0.39 is 29.4 Å². The summed E-state index contributed by atoms with van der Waals surface area (Å²) in [5.74, 6) is -1.62. The van der Waals surface area contributed by atoms with Gasteiger partial charge in [-0.3, -0.25) is 14.4 Å². The Bertz CT molecular complexity index is 690. The van der Waals surface area contributed by atoms with E-state index in [1.807, 2.05) is 0 Å². The highest BCUT2D eigenvalue weighted by atomic mass is 16.5. The van der Waals surface area contributed by atoms with Crippen LogP contribution in [0.1, 0.15) is 49.4 Å². The zero-order chi connectivity index (χ0) is 19.0. The number of amides is 2. The molecule has 0 unspecified atom stereocenters. The summed E-state index contributed by atoms with van der Waals surface area (Å²) in [6.45, 7) is 1.11. The summed E-state index contributed by atoms with van der Waals surface area (Å²) in [4.78, 5) is 36.0. The molecule has 0 aromatic heterocycles. The van der Waals surface area contributed by atoms with Crippen molar-refractivity contribution in [3.8, 4) is 6.07 Å². The molecule has 0 spiro atoms. The van der Waals surface area contributed by atoms with Gasteiger partial charge in [0.25, 0.3) is 11.8 Å². The number of rotatable bonds is 6. The SMILES string of the molecule is C[C@H](OC(=O)CNC(=O)c1ccccc1)C(=O)NC1(C#N)CCCCC1. The van der Waals surface area contributed by atoms with Gasteiger partial charge < -0.3 is 15.4 Å². The minimum absolute atomic E-state index is 0.339. The summed E-state index contributed by atoms with van der Waals surface area (Å²) in [5.41, 5.74) is -0.447. The molecule has 0 radical (unpaired) electrons.